The average Bonchev–Trinajstić information content (AvgIpc) is 2.85. The van der Waals surface area contributed by atoms with E-state index in [2.05, 4.69) is 41.1 Å². The van der Waals surface area contributed by atoms with E-state index in [9.17, 15) is 9.18 Å². The quantitative estimate of drug-likeness (QED) is 0.565. The fraction of sp³-hybridized carbons (Fsp3) is 0.519. The summed E-state index contributed by atoms with van der Waals surface area (Å²) in [6, 6.07) is 16.5. The van der Waals surface area contributed by atoms with Crippen LogP contribution in [0.5, 0.6) is 5.75 Å². The molecule has 6 nitrogen and oxygen atoms in total. The molecule has 0 spiro atoms. The average molecular weight is 470 g/mol. The van der Waals surface area contributed by atoms with E-state index in [4.69, 9.17) is 9.47 Å². The predicted molar refractivity (Wildman–Crippen MR) is 130 cm³/mol. The minimum absolute atomic E-state index is 0.113. The molecule has 1 unspecified atom stereocenters. The number of likely N-dealkylation sites (N-methyl/N-ethyl adjacent to an activating group) is 1. The maximum atomic E-state index is 13.3. The van der Waals surface area contributed by atoms with Gasteiger partial charge in [-0.1, -0.05) is 30.3 Å². The number of carbonyl (C=O) groups excluding carboxylic acids is 1. The third-order valence-corrected chi connectivity index (χ3v) is 6.76. The summed E-state index contributed by atoms with van der Waals surface area (Å²) in [5, 5.41) is 0. The molecule has 34 heavy (non-hydrogen) atoms. The van der Waals surface area contributed by atoms with Crippen LogP contribution in [-0.2, 0) is 16.0 Å². The minimum Gasteiger partial charge on any atom is -0.491 e. The number of carbonyl (C=O) groups is 1. The zero-order chi connectivity index (χ0) is 23.8. The standard InChI is InChI=1S/C27H36FN3O3/c1-29-14-16-31(17-15-29)26(32)20-27(22-33-25-11-9-24(28)10-12-25)21-30(18-19-34-27)13-5-8-23-6-3-2-4-7-23/h2-4,6-7,9-12H,5,8,13-22H2,1H3. The van der Waals surface area contributed by atoms with E-state index in [1.165, 1.54) is 17.7 Å². The number of amides is 1. The van der Waals surface area contributed by atoms with Crippen molar-refractivity contribution in [3.63, 3.8) is 0 Å². The number of aryl methyl sites for hydroxylation is 1. The molecule has 4 rings (SSSR count). The Balaban J connectivity index is 1.40. The number of halogens is 1. The second kappa shape index (κ2) is 11.8. The van der Waals surface area contributed by atoms with E-state index in [1.807, 2.05) is 11.0 Å². The molecule has 2 aromatic rings. The number of hydrogen-bond donors (Lipinski definition) is 0. The Morgan fingerprint density at radius 1 is 1.03 bits per heavy atom. The molecule has 0 radical (unpaired) electrons. The van der Waals surface area contributed by atoms with Gasteiger partial charge < -0.3 is 19.3 Å². The van der Waals surface area contributed by atoms with Gasteiger partial charge in [-0.25, -0.2) is 4.39 Å². The van der Waals surface area contributed by atoms with Crippen LogP contribution in [0.15, 0.2) is 54.6 Å². The molecule has 7 heteroatoms. The molecule has 2 aromatic carbocycles. The number of piperazine rings is 1. The number of hydrogen-bond acceptors (Lipinski definition) is 5. The first-order valence-electron chi connectivity index (χ1n) is 12.3. The van der Waals surface area contributed by atoms with Gasteiger partial charge in [0.05, 0.1) is 13.0 Å². The molecule has 0 bridgehead atoms. The van der Waals surface area contributed by atoms with Gasteiger partial charge in [0.1, 0.15) is 23.8 Å². The number of nitrogens with zero attached hydrogens (tertiary/aromatic N) is 3. The van der Waals surface area contributed by atoms with Gasteiger partial charge in [0.2, 0.25) is 5.91 Å². The van der Waals surface area contributed by atoms with Crippen molar-refractivity contribution in [2.24, 2.45) is 0 Å². The first-order valence-corrected chi connectivity index (χ1v) is 12.3. The molecule has 2 heterocycles. The van der Waals surface area contributed by atoms with E-state index in [0.717, 1.165) is 52.1 Å². The van der Waals surface area contributed by atoms with Crippen molar-refractivity contribution in [2.45, 2.75) is 24.9 Å². The molecule has 1 atom stereocenters. The molecular formula is C27H36FN3O3. The lowest BCUT2D eigenvalue weighted by atomic mass is 9.96. The lowest BCUT2D eigenvalue weighted by molar-refractivity contribution is -0.157. The first-order chi connectivity index (χ1) is 16.5. The molecule has 1 amide bonds. The van der Waals surface area contributed by atoms with E-state index in [0.29, 0.717) is 18.9 Å². The van der Waals surface area contributed by atoms with E-state index >= 15 is 0 Å². The maximum Gasteiger partial charge on any atom is 0.225 e. The van der Waals surface area contributed by atoms with Crippen LogP contribution in [0.25, 0.3) is 0 Å². The lowest BCUT2D eigenvalue weighted by Gasteiger charge is -2.43. The second-order valence-corrected chi connectivity index (χ2v) is 9.50. The Morgan fingerprint density at radius 2 is 1.76 bits per heavy atom. The van der Waals surface area contributed by atoms with Gasteiger partial charge in [0.25, 0.3) is 0 Å². The molecule has 0 aromatic heterocycles. The minimum atomic E-state index is -0.722. The molecule has 2 fully saturated rings. The van der Waals surface area contributed by atoms with Crippen molar-refractivity contribution in [1.29, 1.82) is 0 Å². The second-order valence-electron chi connectivity index (χ2n) is 9.50. The topological polar surface area (TPSA) is 45.2 Å². The number of morpholine rings is 1. The van der Waals surface area contributed by atoms with E-state index in [-0.39, 0.29) is 24.8 Å². The number of rotatable bonds is 9. The van der Waals surface area contributed by atoms with Crippen LogP contribution in [-0.4, -0.2) is 92.3 Å². The summed E-state index contributed by atoms with van der Waals surface area (Å²) >= 11 is 0. The highest BCUT2D eigenvalue weighted by Crippen LogP contribution is 2.26. The van der Waals surface area contributed by atoms with Gasteiger partial charge in [-0.05, 0) is 56.3 Å². The molecule has 2 saturated heterocycles. The highest BCUT2D eigenvalue weighted by Gasteiger charge is 2.41. The highest BCUT2D eigenvalue weighted by atomic mass is 19.1. The van der Waals surface area contributed by atoms with Crippen molar-refractivity contribution < 1.29 is 18.7 Å². The smallest absolute Gasteiger partial charge is 0.225 e. The predicted octanol–water partition coefficient (Wildman–Crippen LogP) is 3.07. The fourth-order valence-corrected chi connectivity index (χ4v) is 4.70. The monoisotopic (exact) mass is 469 g/mol. The van der Waals surface area contributed by atoms with Crippen LogP contribution in [0.1, 0.15) is 18.4 Å². The third-order valence-electron chi connectivity index (χ3n) is 6.76. The van der Waals surface area contributed by atoms with E-state index < -0.39 is 5.60 Å². The molecule has 0 saturated carbocycles. The molecular weight excluding hydrogens is 433 g/mol. The Labute approximate surface area is 202 Å². The number of ether oxygens (including phenoxy) is 2. The van der Waals surface area contributed by atoms with Crippen LogP contribution in [0.3, 0.4) is 0 Å². The summed E-state index contributed by atoms with van der Waals surface area (Å²) in [5.74, 6) is 0.394. The van der Waals surface area contributed by atoms with Gasteiger partial charge >= 0.3 is 0 Å². The van der Waals surface area contributed by atoms with Crippen molar-refractivity contribution in [3.05, 3.63) is 66.0 Å². The SMILES string of the molecule is CN1CCN(C(=O)CC2(COc3ccc(F)cc3)CN(CCCc3ccccc3)CCO2)CC1. The zero-order valence-corrected chi connectivity index (χ0v) is 20.1. The molecule has 2 aliphatic rings. The third kappa shape index (κ3) is 7.01. The number of benzene rings is 2. The summed E-state index contributed by atoms with van der Waals surface area (Å²) < 4.78 is 25.6. The van der Waals surface area contributed by atoms with Crippen LogP contribution >= 0.6 is 0 Å². The Kier molecular flexibility index (Phi) is 8.53. The normalized spacial score (nSPS) is 22.0. The van der Waals surface area contributed by atoms with Crippen molar-refractivity contribution in [1.82, 2.24) is 14.7 Å². The first kappa shape index (κ1) is 24.6. The molecule has 0 N–H and O–H groups in total. The van der Waals surface area contributed by atoms with Crippen molar-refractivity contribution in [2.75, 3.05) is 66.1 Å². The van der Waals surface area contributed by atoms with Gasteiger partial charge in [-0.15, -0.1) is 0 Å². The van der Waals surface area contributed by atoms with Gasteiger partial charge in [0, 0.05) is 39.3 Å². The van der Waals surface area contributed by atoms with Crippen molar-refractivity contribution in [3.8, 4) is 5.75 Å². The maximum absolute atomic E-state index is 13.3. The fourth-order valence-electron chi connectivity index (χ4n) is 4.70. The van der Waals surface area contributed by atoms with Crippen molar-refractivity contribution >= 4 is 5.91 Å². The zero-order valence-electron chi connectivity index (χ0n) is 20.1. The van der Waals surface area contributed by atoms with Crippen LogP contribution in [0, 0.1) is 5.82 Å². The molecule has 2 aliphatic heterocycles. The molecule has 184 valence electrons. The Hall–Kier alpha value is -2.48. The summed E-state index contributed by atoms with van der Waals surface area (Å²) in [6.45, 7) is 6.50. The largest absolute Gasteiger partial charge is 0.491 e. The van der Waals surface area contributed by atoms with Gasteiger partial charge in [-0.3, -0.25) is 9.69 Å². The Morgan fingerprint density at radius 3 is 2.50 bits per heavy atom. The van der Waals surface area contributed by atoms with Crippen LogP contribution < -0.4 is 4.74 Å². The Bertz CT molecular complexity index is 903. The summed E-state index contributed by atoms with van der Waals surface area (Å²) in [7, 11) is 2.08. The highest BCUT2D eigenvalue weighted by molar-refractivity contribution is 5.77. The summed E-state index contributed by atoms with van der Waals surface area (Å²) in [5.41, 5.74) is 0.617. The lowest BCUT2D eigenvalue weighted by Crippen LogP contribution is -2.58. The summed E-state index contributed by atoms with van der Waals surface area (Å²) in [6.07, 6.45) is 2.36. The molecule has 0 aliphatic carbocycles. The summed E-state index contributed by atoms with van der Waals surface area (Å²) in [4.78, 5) is 19.8. The van der Waals surface area contributed by atoms with E-state index in [1.54, 1.807) is 12.1 Å². The van der Waals surface area contributed by atoms with Gasteiger partial charge in [0.15, 0.2) is 0 Å². The van der Waals surface area contributed by atoms with Gasteiger partial charge in [-0.2, -0.15) is 0 Å². The van der Waals surface area contributed by atoms with Crippen LogP contribution in [0.4, 0.5) is 4.39 Å². The van der Waals surface area contributed by atoms with Crippen LogP contribution in [0.2, 0.25) is 0 Å².